The van der Waals surface area contributed by atoms with Crippen LogP contribution < -0.4 is 5.73 Å². The monoisotopic (exact) mass is 240 g/mol. The first-order valence-corrected chi connectivity index (χ1v) is 5.93. The Bertz CT molecular complexity index is 382. The number of nitrogens with zero attached hydrogens (tertiary/aromatic N) is 1. The summed E-state index contributed by atoms with van der Waals surface area (Å²) in [5.41, 5.74) is 5.31. The van der Waals surface area contributed by atoms with Gasteiger partial charge < -0.3 is 5.73 Å². The lowest BCUT2D eigenvalue weighted by atomic mass is 10.2. The Balaban J connectivity index is 2.03. The average Bonchev–Trinajstić information content (AvgIpc) is 2.69. The van der Waals surface area contributed by atoms with Gasteiger partial charge in [0.15, 0.2) is 0 Å². The van der Waals surface area contributed by atoms with Crippen molar-refractivity contribution in [3.63, 3.8) is 0 Å². The fourth-order valence-corrected chi connectivity index (χ4v) is 2.85. The third-order valence-corrected chi connectivity index (χ3v) is 3.72. The van der Waals surface area contributed by atoms with Crippen molar-refractivity contribution in [2.45, 2.75) is 23.8 Å². The smallest absolute Gasteiger partial charge is 0.235 e. The molecule has 2 rings (SSSR count). The number of primary amides is 1. The molecular weight excluding hydrogens is 227 g/mol. The van der Waals surface area contributed by atoms with Gasteiger partial charge >= 0.3 is 0 Å². The van der Waals surface area contributed by atoms with Crippen molar-refractivity contribution < 1.29 is 9.18 Å². The molecule has 1 aliphatic heterocycles. The Morgan fingerprint density at radius 1 is 1.44 bits per heavy atom. The predicted octanol–water partition coefficient (Wildman–Crippen LogP) is 1.78. The Morgan fingerprint density at radius 2 is 2.12 bits per heavy atom. The van der Waals surface area contributed by atoms with Gasteiger partial charge in [-0.25, -0.2) is 8.70 Å². The van der Waals surface area contributed by atoms with E-state index in [-0.39, 0.29) is 17.8 Å². The summed E-state index contributed by atoms with van der Waals surface area (Å²) in [7, 11) is 0. The normalized spacial score (nSPS) is 21.2. The molecule has 1 fully saturated rings. The number of rotatable bonds is 3. The van der Waals surface area contributed by atoms with Gasteiger partial charge in [0, 0.05) is 11.4 Å². The van der Waals surface area contributed by atoms with Crippen LogP contribution in [0.3, 0.4) is 0 Å². The number of halogens is 1. The Kier molecular flexibility index (Phi) is 3.46. The van der Waals surface area contributed by atoms with Crippen LogP contribution in [0.15, 0.2) is 29.2 Å². The van der Waals surface area contributed by atoms with Crippen molar-refractivity contribution in [2.75, 3.05) is 6.54 Å². The third kappa shape index (κ3) is 2.54. The number of carbonyl (C=O) groups excluding carboxylic acids is 1. The predicted molar refractivity (Wildman–Crippen MR) is 61.2 cm³/mol. The zero-order chi connectivity index (χ0) is 11.5. The van der Waals surface area contributed by atoms with E-state index >= 15 is 0 Å². The zero-order valence-electron chi connectivity index (χ0n) is 8.73. The van der Waals surface area contributed by atoms with Crippen LogP contribution in [0.2, 0.25) is 0 Å². The quantitative estimate of drug-likeness (QED) is 0.819. The molecule has 0 aromatic heterocycles. The van der Waals surface area contributed by atoms with Crippen LogP contribution in [0.1, 0.15) is 12.8 Å². The van der Waals surface area contributed by atoms with Crippen molar-refractivity contribution in [3.05, 3.63) is 30.1 Å². The summed E-state index contributed by atoms with van der Waals surface area (Å²) in [5, 5.41) is 0. The molecule has 1 heterocycles. The number of carbonyl (C=O) groups is 1. The van der Waals surface area contributed by atoms with E-state index < -0.39 is 0 Å². The number of amides is 1. The van der Waals surface area contributed by atoms with Gasteiger partial charge in [-0.05, 0) is 49.1 Å². The zero-order valence-corrected chi connectivity index (χ0v) is 9.54. The first-order chi connectivity index (χ1) is 7.66. The highest BCUT2D eigenvalue weighted by Crippen LogP contribution is 2.30. The fraction of sp³-hybridized carbons (Fsp3) is 0.364. The van der Waals surface area contributed by atoms with E-state index in [0.29, 0.717) is 0 Å². The molecule has 2 N–H and O–H groups in total. The molecule has 1 aromatic rings. The molecule has 0 saturated carbocycles. The average molecular weight is 240 g/mol. The molecule has 16 heavy (non-hydrogen) atoms. The summed E-state index contributed by atoms with van der Waals surface area (Å²) in [6.07, 6.45) is 1.78. The summed E-state index contributed by atoms with van der Waals surface area (Å²) in [6.45, 7) is 0.843. The maximum absolute atomic E-state index is 12.7. The van der Waals surface area contributed by atoms with E-state index in [4.69, 9.17) is 5.73 Å². The minimum atomic E-state index is -0.285. The molecule has 0 bridgehead atoms. The number of hydrogen-bond acceptors (Lipinski definition) is 3. The third-order valence-electron chi connectivity index (χ3n) is 2.57. The Morgan fingerprint density at radius 3 is 2.75 bits per heavy atom. The summed E-state index contributed by atoms with van der Waals surface area (Å²) in [5.74, 6) is -0.538. The maximum Gasteiger partial charge on any atom is 0.235 e. The summed E-state index contributed by atoms with van der Waals surface area (Å²) >= 11 is 1.46. The first kappa shape index (κ1) is 11.4. The lowest BCUT2D eigenvalue weighted by molar-refractivity contribution is -0.120. The molecule has 1 aliphatic rings. The largest absolute Gasteiger partial charge is 0.368 e. The van der Waals surface area contributed by atoms with Gasteiger partial charge in [-0.3, -0.25) is 4.79 Å². The van der Waals surface area contributed by atoms with Gasteiger partial charge in [-0.15, -0.1) is 0 Å². The van der Waals surface area contributed by atoms with Crippen LogP contribution in [-0.4, -0.2) is 22.8 Å². The van der Waals surface area contributed by atoms with E-state index in [2.05, 4.69) is 0 Å². The van der Waals surface area contributed by atoms with Crippen molar-refractivity contribution in [1.29, 1.82) is 0 Å². The number of benzene rings is 1. The van der Waals surface area contributed by atoms with Crippen LogP contribution in [0.4, 0.5) is 4.39 Å². The van der Waals surface area contributed by atoms with E-state index in [9.17, 15) is 9.18 Å². The molecule has 86 valence electrons. The van der Waals surface area contributed by atoms with Crippen molar-refractivity contribution >= 4 is 17.9 Å². The number of nitrogens with two attached hydrogens (primary N) is 1. The lowest BCUT2D eigenvalue weighted by Crippen LogP contribution is -2.36. The van der Waals surface area contributed by atoms with Crippen LogP contribution in [0, 0.1) is 5.82 Å². The van der Waals surface area contributed by atoms with E-state index in [1.807, 2.05) is 4.31 Å². The molecule has 1 amide bonds. The Hall–Kier alpha value is -1.07. The highest BCUT2D eigenvalue weighted by Gasteiger charge is 2.29. The molecular formula is C11H13FN2OS. The van der Waals surface area contributed by atoms with Gasteiger partial charge in [-0.1, -0.05) is 0 Å². The second-order valence-corrected chi connectivity index (χ2v) is 4.87. The Labute approximate surface area is 97.9 Å². The van der Waals surface area contributed by atoms with Crippen LogP contribution in [0.25, 0.3) is 0 Å². The summed E-state index contributed by atoms with van der Waals surface area (Å²) < 4.78 is 14.7. The SMILES string of the molecule is NC(=O)C1CCCN1Sc1ccc(F)cc1. The molecule has 1 atom stereocenters. The van der Waals surface area contributed by atoms with E-state index in [1.165, 1.54) is 24.1 Å². The van der Waals surface area contributed by atoms with Gasteiger partial charge in [0.25, 0.3) is 0 Å². The first-order valence-electron chi connectivity index (χ1n) is 5.16. The van der Waals surface area contributed by atoms with Crippen LogP contribution in [0.5, 0.6) is 0 Å². The van der Waals surface area contributed by atoms with Crippen molar-refractivity contribution in [2.24, 2.45) is 5.73 Å². The minimum absolute atomic E-state index is 0.199. The lowest BCUT2D eigenvalue weighted by Gasteiger charge is -2.20. The van der Waals surface area contributed by atoms with Gasteiger partial charge in [-0.2, -0.15) is 0 Å². The molecule has 0 spiro atoms. The summed E-state index contributed by atoms with van der Waals surface area (Å²) in [4.78, 5) is 12.1. The maximum atomic E-state index is 12.7. The highest BCUT2D eigenvalue weighted by molar-refractivity contribution is 7.97. The van der Waals surface area contributed by atoms with E-state index in [1.54, 1.807) is 12.1 Å². The second-order valence-electron chi connectivity index (χ2n) is 3.75. The topological polar surface area (TPSA) is 46.3 Å². The molecule has 1 unspecified atom stereocenters. The fourth-order valence-electron chi connectivity index (χ4n) is 1.76. The van der Waals surface area contributed by atoms with E-state index in [0.717, 1.165) is 24.3 Å². The van der Waals surface area contributed by atoms with Crippen molar-refractivity contribution in [3.8, 4) is 0 Å². The standard InChI is InChI=1S/C11H13FN2OS/c12-8-3-5-9(6-4-8)16-14-7-1-2-10(14)11(13)15/h3-6,10H,1-2,7H2,(H2,13,15). The second kappa shape index (κ2) is 4.84. The van der Waals surface area contributed by atoms with Gasteiger partial charge in [0.1, 0.15) is 5.82 Å². The number of hydrogen-bond donors (Lipinski definition) is 1. The molecule has 0 aliphatic carbocycles. The van der Waals surface area contributed by atoms with Crippen LogP contribution in [-0.2, 0) is 4.79 Å². The highest BCUT2D eigenvalue weighted by atomic mass is 32.2. The minimum Gasteiger partial charge on any atom is -0.368 e. The van der Waals surface area contributed by atoms with Gasteiger partial charge in [0.05, 0.1) is 6.04 Å². The summed E-state index contributed by atoms with van der Waals surface area (Å²) in [6, 6.07) is 6.04. The molecule has 1 aromatic carbocycles. The molecule has 1 saturated heterocycles. The molecule has 0 radical (unpaired) electrons. The van der Waals surface area contributed by atoms with Gasteiger partial charge in [0.2, 0.25) is 5.91 Å². The van der Waals surface area contributed by atoms with Crippen LogP contribution >= 0.6 is 11.9 Å². The molecule has 3 nitrogen and oxygen atoms in total. The molecule has 5 heteroatoms. The van der Waals surface area contributed by atoms with Crippen molar-refractivity contribution in [1.82, 2.24) is 4.31 Å².